The maximum absolute atomic E-state index is 14.1. The van der Waals surface area contributed by atoms with Gasteiger partial charge >= 0.3 is 17.9 Å². The number of hydrogen-bond acceptors (Lipinski definition) is 6. The van der Waals surface area contributed by atoms with Crippen LogP contribution in [0.15, 0.2) is 41.2 Å². The Balaban J connectivity index is 2.40. The van der Waals surface area contributed by atoms with Gasteiger partial charge in [-0.1, -0.05) is 26.0 Å². The molecular weight excluding hydrogens is 415 g/mol. The molecular formula is C22H20F3NO5. The molecule has 0 unspecified atom stereocenters. The Bertz CT molecular complexity index is 1050. The largest absolute Gasteiger partial charge is 0.469 e. The summed E-state index contributed by atoms with van der Waals surface area (Å²) in [4.78, 5) is 24.4. The van der Waals surface area contributed by atoms with E-state index >= 15 is 0 Å². The van der Waals surface area contributed by atoms with Crippen molar-refractivity contribution in [2.75, 3.05) is 7.11 Å². The number of hydrogen-bond donors (Lipinski definition) is 1. The summed E-state index contributed by atoms with van der Waals surface area (Å²) in [5.74, 6) is -7.43. The van der Waals surface area contributed by atoms with Crippen LogP contribution in [0, 0.1) is 22.7 Å². The number of carbonyl (C=O) groups is 1. The number of carbonyl (C=O) groups excluding carboxylic acids is 2. The van der Waals surface area contributed by atoms with Gasteiger partial charge in [-0.05, 0) is 29.5 Å². The predicted molar refractivity (Wildman–Crippen MR) is 101 cm³/mol. The second-order valence-corrected chi connectivity index (χ2v) is 8.45. The Morgan fingerprint density at radius 3 is 2.55 bits per heavy atom. The molecule has 0 amide bonds. The molecule has 31 heavy (non-hydrogen) atoms. The van der Waals surface area contributed by atoms with Gasteiger partial charge in [0.25, 0.3) is 0 Å². The molecule has 1 aromatic rings. The summed E-state index contributed by atoms with van der Waals surface area (Å²) >= 11 is 0. The SMILES string of the molecule is COC(=O)[C@H]1[C@H](c2cccc(C#N)c2)C2=C(CC(C)(C)CC2=C=O)O[C@]1(O)C(F)(F)F. The molecule has 0 aromatic heterocycles. The van der Waals surface area contributed by atoms with E-state index in [2.05, 4.69) is 4.74 Å². The van der Waals surface area contributed by atoms with Gasteiger partial charge in [0.15, 0.2) is 0 Å². The number of methoxy groups -OCH3 is 1. The number of halogens is 3. The Morgan fingerprint density at radius 1 is 1.32 bits per heavy atom. The second kappa shape index (κ2) is 7.56. The Labute approximate surface area is 176 Å². The van der Waals surface area contributed by atoms with Crippen molar-refractivity contribution < 1.29 is 37.3 Å². The zero-order valence-corrected chi connectivity index (χ0v) is 17.0. The summed E-state index contributed by atoms with van der Waals surface area (Å²) in [7, 11) is 0.895. The fourth-order valence-corrected chi connectivity index (χ4v) is 4.34. The van der Waals surface area contributed by atoms with E-state index in [0.717, 1.165) is 7.11 Å². The van der Waals surface area contributed by atoms with E-state index in [1.54, 1.807) is 19.8 Å². The Hall–Kier alpha value is -3.08. The molecule has 0 saturated carbocycles. The standard InChI is InChI=1S/C22H20F3NO5/c1-20(2)8-14(11-27)16-15(9-20)31-21(29,22(23,24)25)18(19(28)30-3)17(16)13-6-4-5-12(7-13)10-26/h4-7,17-18,29H,8-9H2,1-3H3/t17-,18-,21+/m1/s1. The lowest BCUT2D eigenvalue weighted by atomic mass is 9.65. The van der Waals surface area contributed by atoms with Crippen LogP contribution in [-0.2, 0) is 19.1 Å². The van der Waals surface area contributed by atoms with E-state index in [1.165, 1.54) is 24.3 Å². The van der Waals surface area contributed by atoms with Crippen molar-refractivity contribution in [3.8, 4) is 6.07 Å². The molecule has 3 rings (SSSR count). The molecule has 0 saturated heterocycles. The number of nitriles is 1. The maximum Gasteiger partial charge on any atom is 0.456 e. The first-order valence-electron chi connectivity index (χ1n) is 9.42. The molecule has 0 fully saturated rings. The zero-order valence-electron chi connectivity index (χ0n) is 17.0. The predicted octanol–water partition coefficient (Wildman–Crippen LogP) is 3.54. The lowest BCUT2D eigenvalue weighted by Gasteiger charge is -2.48. The number of allylic oxidation sites excluding steroid dienone is 3. The van der Waals surface area contributed by atoms with Crippen LogP contribution in [0.5, 0.6) is 0 Å². The van der Waals surface area contributed by atoms with Crippen LogP contribution in [-0.4, -0.2) is 36.1 Å². The van der Waals surface area contributed by atoms with Crippen LogP contribution in [0.4, 0.5) is 13.2 Å². The normalized spacial score (nSPS) is 27.5. The molecule has 1 aromatic carbocycles. The number of aliphatic hydroxyl groups is 1. The summed E-state index contributed by atoms with van der Waals surface area (Å²) < 4.78 is 52.0. The minimum Gasteiger partial charge on any atom is -0.469 e. The van der Waals surface area contributed by atoms with E-state index in [0.29, 0.717) is 0 Å². The average molecular weight is 435 g/mol. The quantitative estimate of drug-likeness (QED) is 0.564. The van der Waals surface area contributed by atoms with Crippen LogP contribution in [0.25, 0.3) is 0 Å². The van der Waals surface area contributed by atoms with E-state index in [-0.39, 0.29) is 40.9 Å². The van der Waals surface area contributed by atoms with Crippen molar-refractivity contribution >= 4 is 11.9 Å². The second-order valence-electron chi connectivity index (χ2n) is 8.45. The van der Waals surface area contributed by atoms with E-state index < -0.39 is 35.2 Å². The fourth-order valence-electron chi connectivity index (χ4n) is 4.34. The molecule has 6 nitrogen and oxygen atoms in total. The monoisotopic (exact) mass is 435 g/mol. The lowest BCUT2D eigenvalue weighted by Crippen LogP contribution is -2.60. The molecule has 9 heteroatoms. The molecule has 1 heterocycles. The summed E-state index contributed by atoms with van der Waals surface area (Å²) in [5.41, 5.74) is -0.251. The minimum atomic E-state index is -5.36. The van der Waals surface area contributed by atoms with Crippen LogP contribution in [0.1, 0.15) is 43.7 Å². The summed E-state index contributed by atoms with van der Waals surface area (Å²) in [5, 5.41) is 20.0. The van der Waals surface area contributed by atoms with Gasteiger partial charge in [-0.15, -0.1) is 0 Å². The maximum atomic E-state index is 14.1. The molecule has 1 aliphatic heterocycles. The summed E-state index contributed by atoms with van der Waals surface area (Å²) in [6, 6.07) is 7.53. The topological polar surface area (TPSA) is 96.6 Å². The zero-order chi connectivity index (χ0) is 23.2. The number of nitrogens with zero attached hydrogens (tertiary/aromatic N) is 1. The number of benzene rings is 1. The number of ether oxygens (including phenoxy) is 2. The first-order valence-corrected chi connectivity index (χ1v) is 9.42. The van der Waals surface area contributed by atoms with Crippen molar-refractivity contribution in [2.45, 2.75) is 44.6 Å². The highest BCUT2D eigenvalue weighted by Gasteiger charge is 2.69. The van der Waals surface area contributed by atoms with Crippen LogP contribution >= 0.6 is 0 Å². The lowest BCUT2D eigenvalue weighted by molar-refractivity contribution is -0.378. The summed E-state index contributed by atoms with van der Waals surface area (Å²) in [6.07, 6.45) is -5.18. The summed E-state index contributed by atoms with van der Waals surface area (Å²) in [6.45, 7) is 3.48. The van der Waals surface area contributed by atoms with Gasteiger partial charge in [-0.3, -0.25) is 4.79 Å². The molecule has 0 bridgehead atoms. The van der Waals surface area contributed by atoms with E-state index in [4.69, 9.17) is 4.74 Å². The van der Waals surface area contributed by atoms with Crippen LogP contribution in [0.2, 0.25) is 0 Å². The van der Waals surface area contributed by atoms with Crippen LogP contribution < -0.4 is 0 Å². The minimum absolute atomic E-state index is 0.00572. The van der Waals surface area contributed by atoms with Crippen molar-refractivity contribution in [1.82, 2.24) is 0 Å². The van der Waals surface area contributed by atoms with Gasteiger partial charge in [0.1, 0.15) is 17.6 Å². The molecule has 1 N–H and O–H groups in total. The highest BCUT2D eigenvalue weighted by Crippen LogP contribution is 2.58. The smallest absolute Gasteiger partial charge is 0.456 e. The highest BCUT2D eigenvalue weighted by atomic mass is 19.4. The van der Waals surface area contributed by atoms with Gasteiger partial charge < -0.3 is 14.6 Å². The van der Waals surface area contributed by atoms with E-state index in [9.17, 15) is 33.1 Å². The first-order chi connectivity index (χ1) is 14.4. The molecule has 1 aliphatic carbocycles. The van der Waals surface area contributed by atoms with Gasteiger partial charge in [-0.2, -0.15) is 18.4 Å². The molecule has 3 atom stereocenters. The van der Waals surface area contributed by atoms with Gasteiger partial charge in [-0.25, -0.2) is 4.79 Å². The third kappa shape index (κ3) is 3.73. The third-order valence-corrected chi connectivity index (χ3v) is 5.62. The highest BCUT2D eigenvalue weighted by molar-refractivity contribution is 5.78. The molecule has 0 radical (unpaired) electrons. The molecule has 2 aliphatic rings. The van der Waals surface area contributed by atoms with Gasteiger partial charge in [0.05, 0.1) is 18.7 Å². The molecule has 164 valence electrons. The first kappa shape index (κ1) is 22.6. The molecule has 0 spiro atoms. The van der Waals surface area contributed by atoms with Crippen molar-refractivity contribution in [3.63, 3.8) is 0 Å². The van der Waals surface area contributed by atoms with Crippen molar-refractivity contribution in [3.05, 3.63) is 52.3 Å². The fraction of sp³-hybridized carbons (Fsp3) is 0.455. The van der Waals surface area contributed by atoms with E-state index in [1.807, 2.05) is 6.07 Å². The average Bonchev–Trinajstić information content (AvgIpc) is 2.70. The third-order valence-electron chi connectivity index (χ3n) is 5.62. The number of alkyl halides is 3. The van der Waals surface area contributed by atoms with Gasteiger partial charge in [0.2, 0.25) is 0 Å². The number of esters is 1. The Kier molecular flexibility index (Phi) is 5.51. The Morgan fingerprint density at radius 2 is 2.00 bits per heavy atom. The number of rotatable bonds is 2. The van der Waals surface area contributed by atoms with Crippen molar-refractivity contribution in [1.29, 1.82) is 5.26 Å². The van der Waals surface area contributed by atoms with Gasteiger partial charge in [0, 0.05) is 23.5 Å². The van der Waals surface area contributed by atoms with Crippen molar-refractivity contribution in [2.24, 2.45) is 11.3 Å². The van der Waals surface area contributed by atoms with Crippen LogP contribution in [0.3, 0.4) is 0 Å².